The molecule has 3 N–H and O–H groups in total. The maximum atomic E-state index is 13.4. The van der Waals surface area contributed by atoms with Crippen LogP contribution in [-0.2, 0) is 42.1 Å². The Labute approximate surface area is 223 Å². The Bertz CT molecular complexity index is 1170. The van der Waals surface area contributed by atoms with Gasteiger partial charge in [-0.2, -0.15) is 0 Å². The van der Waals surface area contributed by atoms with Gasteiger partial charge in [0.25, 0.3) is 0 Å². The molecule has 4 bridgehead atoms. The molecule has 39 heavy (non-hydrogen) atoms. The monoisotopic (exact) mass is 574 g/mol. The van der Waals surface area contributed by atoms with Gasteiger partial charge in [0, 0.05) is 27.1 Å². The zero-order valence-corrected chi connectivity index (χ0v) is 22.6. The van der Waals surface area contributed by atoms with Gasteiger partial charge in [-0.15, -0.1) is 0 Å². The Kier molecular flexibility index (Phi) is 6.18. The second-order valence-corrected chi connectivity index (χ2v) is 12.4. The van der Waals surface area contributed by atoms with Crippen molar-refractivity contribution >= 4 is 31.7 Å². The average molecular weight is 574 g/mol. The van der Waals surface area contributed by atoms with Crippen molar-refractivity contribution < 1.29 is 56.6 Å². The first-order valence-corrected chi connectivity index (χ1v) is 14.1. The van der Waals surface area contributed by atoms with E-state index in [0.717, 1.165) is 0 Å². The summed E-state index contributed by atoms with van der Waals surface area (Å²) in [7, 11) is -1.81. The normalized spacial score (nSPS) is 49.2. The minimum Gasteiger partial charge on any atom is -0.382 e. The first-order chi connectivity index (χ1) is 18.4. The van der Waals surface area contributed by atoms with Gasteiger partial charge < -0.3 is 23.8 Å². The predicted octanol–water partition coefficient (Wildman–Crippen LogP) is -0.739. The first kappa shape index (κ1) is 27.0. The van der Waals surface area contributed by atoms with E-state index >= 15 is 0 Å². The number of ether oxygens (including phenoxy) is 4. The molecule has 1 aliphatic carbocycles. The standard InChI is InChI=1S/C22H31N4O12P/c1-21-15-16-22(21,2)18(28)24-20(30)26(16)14-6-10(11(36-14)7-33-3)38-39(31,32)35-8-12-9(34-4)5-13(37-12)25(15)19(29)23-17(21)27/h9-16H,5-8H2,1-4H3,(H,31,32)(H,23,27,29)(H,24,28,30)/t9-,10-,11?,12?,13+,14+,15+,16+,21-,22-/m0/s1. The number of phosphoric acid groups is 1. The van der Waals surface area contributed by atoms with E-state index < -0.39 is 91.5 Å². The number of phosphoric ester groups is 1. The van der Waals surface area contributed by atoms with Crippen molar-refractivity contribution in [1.29, 1.82) is 0 Å². The molecule has 0 radical (unpaired) electrons. The third-order valence-electron chi connectivity index (χ3n) is 9.30. The molecule has 6 fully saturated rings. The SMILES string of the molecule is COCC1O[C@@H]2C[C@@H]1OP(=O)(O)OCC1O[C@H](C[C@@H]1OC)N1C(=O)NC(=O)[C@]3(C)[C@H]1[C@H]1N2C(=O)NC(=O)[C@]13C. The Morgan fingerprint density at radius 1 is 0.949 bits per heavy atom. The van der Waals surface area contributed by atoms with E-state index in [2.05, 4.69) is 10.6 Å². The molecule has 216 valence electrons. The summed E-state index contributed by atoms with van der Waals surface area (Å²) in [6.45, 7) is 2.73. The summed E-state index contributed by atoms with van der Waals surface area (Å²) in [6.07, 6.45) is -5.36. The van der Waals surface area contributed by atoms with E-state index in [4.69, 9.17) is 28.0 Å². The van der Waals surface area contributed by atoms with E-state index in [-0.39, 0.29) is 26.1 Å². The third kappa shape index (κ3) is 3.59. The number of methoxy groups -OCH3 is 2. The molecule has 6 aliphatic rings. The van der Waals surface area contributed by atoms with Gasteiger partial charge in [0.05, 0.1) is 42.2 Å². The second kappa shape index (κ2) is 8.91. The summed E-state index contributed by atoms with van der Waals surface area (Å²) in [6, 6.07) is -3.50. The number of urea groups is 2. The van der Waals surface area contributed by atoms with E-state index in [0.29, 0.717) is 0 Å². The average Bonchev–Trinajstić information content (AvgIpc) is 3.45. The molecule has 11 atom stereocenters. The van der Waals surface area contributed by atoms with E-state index in [1.165, 1.54) is 24.0 Å². The van der Waals surface area contributed by atoms with Crippen LogP contribution in [0.25, 0.3) is 0 Å². The van der Waals surface area contributed by atoms with Crippen LogP contribution in [0.5, 0.6) is 0 Å². The Morgan fingerprint density at radius 3 is 2.05 bits per heavy atom. The van der Waals surface area contributed by atoms with Crippen LogP contribution in [0.2, 0.25) is 0 Å². The van der Waals surface area contributed by atoms with Gasteiger partial charge in [0.2, 0.25) is 11.8 Å². The highest BCUT2D eigenvalue weighted by atomic mass is 31.2. The summed E-state index contributed by atoms with van der Waals surface area (Å²) >= 11 is 0. The maximum Gasteiger partial charge on any atom is 0.472 e. The summed E-state index contributed by atoms with van der Waals surface area (Å²) in [5.74, 6) is -1.31. The Morgan fingerprint density at radius 2 is 1.51 bits per heavy atom. The van der Waals surface area contributed by atoms with Crippen molar-refractivity contribution in [3.05, 3.63) is 0 Å². The van der Waals surface area contributed by atoms with Crippen LogP contribution in [-0.4, -0.2) is 115 Å². The molecule has 3 unspecified atom stereocenters. The van der Waals surface area contributed by atoms with Crippen molar-refractivity contribution in [3.8, 4) is 0 Å². The quantitative estimate of drug-likeness (QED) is 0.358. The van der Waals surface area contributed by atoms with Gasteiger partial charge in [-0.05, 0) is 13.8 Å². The third-order valence-corrected chi connectivity index (χ3v) is 10.3. The molecule has 1 saturated carbocycles. The smallest absolute Gasteiger partial charge is 0.382 e. The minimum absolute atomic E-state index is 0.0365. The van der Waals surface area contributed by atoms with Crippen LogP contribution < -0.4 is 10.6 Å². The summed E-state index contributed by atoms with van der Waals surface area (Å²) in [5.41, 5.74) is -2.90. The number of fused-ring (bicyclic) bond motifs is 7. The lowest BCUT2D eigenvalue weighted by Crippen LogP contribution is -2.92. The summed E-state index contributed by atoms with van der Waals surface area (Å²) in [5, 5.41) is 4.68. The number of hydrogen-bond donors (Lipinski definition) is 3. The van der Waals surface area contributed by atoms with Crippen LogP contribution >= 0.6 is 7.82 Å². The van der Waals surface area contributed by atoms with Crippen LogP contribution in [0.15, 0.2) is 0 Å². The highest BCUT2D eigenvalue weighted by molar-refractivity contribution is 7.47. The number of carbonyl (C=O) groups is 4. The topological polar surface area (TPSA) is 192 Å². The van der Waals surface area contributed by atoms with Gasteiger partial charge in [-0.1, -0.05) is 0 Å². The number of carbonyl (C=O) groups excluding carboxylic acids is 4. The van der Waals surface area contributed by atoms with Crippen molar-refractivity contribution in [3.63, 3.8) is 0 Å². The number of rotatable bonds is 3. The maximum absolute atomic E-state index is 13.4. The summed E-state index contributed by atoms with van der Waals surface area (Å²) < 4.78 is 46.5. The van der Waals surface area contributed by atoms with Crippen LogP contribution in [0.4, 0.5) is 9.59 Å². The fraction of sp³-hybridized carbons (Fsp3) is 0.818. The largest absolute Gasteiger partial charge is 0.472 e. The van der Waals surface area contributed by atoms with Gasteiger partial charge in [0.15, 0.2) is 0 Å². The molecule has 16 nitrogen and oxygen atoms in total. The van der Waals surface area contributed by atoms with Crippen molar-refractivity contribution in [1.82, 2.24) is 20.4 Å². The molecule has 5 saturated heterocycles. The van der Waals surface area contributed by atoms with Crippen LogP contribution in [0.3, 0.4) is 0 Å². The van der Waals surface area contributed by atoms with E-state index in [1.807, 2.05) is 0 Å². The number of imide groups is 2. The van der Waals surface area contributed by atoms with Gasteiger partial charge in [-0.25, -0.2) is 14.2 Å². The number of nitrogens with one attached hydrogen (secondary N) is 2. The van der Waals surface area contributed by atoms with Crippen molar-refractivity contribution in [2.24, 2.45) is 10.8 Å². The molecule has 5 heterocycles. The molecular weight excluding hydrogens is 543 g/mol. The molecule has 0 aromatic carbocycles. The zero-order valence-electron chi connectivity index (χ0n) is 21.7. The fourth-order valence-electron chi connectivity index (χ4n) is 7.14. The molecule has 0 aromatic rings. The molecule has 17 heteroatoms. The Hall–Kier alpha value is -2.17. The lowest BCUT2D eigenvalue weighted by Gasteiger charge is -2.72. The second-order valence-electron chi connectivity index (χ2n) is 11.0. The lowest BCUT2D eigenvalue weighted by atomic mass is 9.42. The van der Waals surface area contributed by atoms with Crippen LogP contribution in [0.1, 0.15) is 26.7 Å². The van der Waals surface area contributed by atoms with Crippen molar-refractivity contribution in [2.45, 2.75) is 75.6 Å². The Balaban J connectivity index is 1.49. The fourth-order valence-corrected chi connectivity index (χ4v) is 8.10. The molecule has 0 spiro atoms. The highest BCUT2D eigenvalue weighted by Crippen LogP contribution is 2.64. The number of nitrogens with zero attached hydrogens (tertiary/aromatic N) is 2. The lowest BCUT2D eigenvalue weighted by molar-refractivity contribution is -0.242. The first-order valence-electron chi connectivity index (χ1n) is 12.6. The van der Waals surface area contributed by atoms with Gasteiger partial charge >= 0.3 is 19.9 Å². The molecular formula is C22H31N4O12P. The van der Waals surface area contributed by atoms with E-state index in [9.17, 15) is 28.6 Å². The van der Waals surface area contributed by atoms with Crippen LogP contribution in [0, 0.1) is 10.8 Å². The molecule has 0 aromatic heterocycles. The van der Waals surface area contributed by atoms with Crippen molar-refractivity contribution in [2.75, 3.05) is 27.4 Å². The highest BCUT2D eigenvalue weighted by Gasteiger charge is 2.82. The zero-order chi connectivity index (χ0) is 28.1. The minimum atomic E-state index is -4.65. The molecule has 5 aliphatic heterocycles. The summed E-state index contributed by atoms with van der Waals surface area (Å²) in [4.78, 5) is 66.6. The molecule has 6 amide bonds. The molecule has 6 rings (SSSR count). The van der Waals surface area contributed by atoms with Gasteiger partial charge in [-0.3, -0.25) is 39.1 Å². The predicted molar refractivity (Wildman–Crippen MR) is 124 cm³/mol. The van der Waals surface area contributed by atoms with E-state index in [1.54, 1.807) is 13.8 Å². The number of amides is 6. The number of hydrogen-bond acceptors (Lipinski definition) is 11. The van der Waals surface area contributed by atoms with Gasteiger partial charge in [0.1, 0.15) is 30.8 Å².